The molecule has 0 spiro atoms. The minimum absolute atomic E-state index is 0.148. The van der Waals surface area contributed by atoms with Gasteiger partial charge in [0.05, 0.1) is 13.2 Å². The number of carbonyl (C=O) groups is 2. The van der Waals surface area contributed by atoms with Crippen LogP contribution < -0.4 is 0 Å². The second-order valence-corrected chi connectivity index (χ2v) is 8.04. The highest BCUT2D eigenvalue weighted by Gasteiger charge is 2.42. The Labute approximate surface area is 164 Å². The second-order valence-electron chi connectivity index (χ2n) is 8.04. The molecule has 0 bridgehead atoms. The topological polar surface area (TPSA) is 83.9 Å². The van der Waals surface area contributed by atoms with Crippen LogP contribution in [0.3, 0.4) is 0 Å². The molecule has 1 aliphatic heterocycles. The van der Waals surface area contributed by atoms with Crippen molar-refractivity contribution in [3.05, 3.63) is 5.21 Å². The number of aliphatic hydroxyl groups excluding tert-OH is 1. The van der Waals surface area contributed by atoms with E-state index in [0.717, 1.165) is 57.8 Å². The van der Waals surface area contributed by atoms with Gasteiger partial charge in [-0.05, 0) is 32.6 Å². The fourth-order valence-corrected chi connectivity index (χ4v) is 3.49. The average Bonchev–Trinajstić information content (AvgIpc) is 2.81. The number of ketones is 1. The van der Waals surface area contributed by atoms with Gasteiger partial charge in [0.15, 0.2) is 6.67 Å². The quantitative estimate of drug-likeness (QED) is 0.263. The van der Waals surface area contributed by atoms with Crippen LogP contribution >= 0.6 is 0 Å². The molecule has 0 aromatic carbocycles. The summed E-state index contributed by atoms with van der Waals surface area (Å²) in [5.74, 6) is 0.241. The number of urea groups is 1. The Balaban J connectivity index is 2.35. The number of aliphatic hydroxyl groups is 1. The summed E-state index contributed by atoms with van der Waals surface area (Å²) in [7, 11) is 1.40. The zero-order valence-corrected chi connectivity index (χ0v) is 17.5. The van der Waals surface area contributed by atoms with E-state index >= 15 is 0 Å². The first kappa shape index (κ1) is 24.0. The normalized spacial score (nSPS) is 21.8. The van der Waals surface area contributed by atoms with Crippen LogP contribution in [0, 0.1) is 5.21 Å². The lowest BCUT2D eigenvalue weighted by Gasteiger charge is -2.27. The number of nitrogens with zero attached hydrogens (tertiary/aromatic N) is 3. The van der Waals surface area contributed by atoms with Crippen LogP contribution in [0.15, 0.2) is 0 Å². The number of carbonyl (C=O) groups excluding carboxylic acids is 2. The summed E-state index contributed by atoms with van der Waals surface area (Å²) in [4.78, 5) is 23.3. The number of hydrogen-bond donors (Lipinski definition) is 1. The first-order valence-corrected chi connectivity index (χ1v) is 10.6. The van der Waals surface area contributed by atoms with Crippen molar-refractivity contribution in [1.29, 1.82) is 0 Å². The Morgan fingerprint density at radius 3 is 2.44 bits per heavy atom. The first-order valence-electron chi connectivity index (χ1n) is 10.6. The van der Waals surface area contributed by atoms with Gasteiger partial charge in [-0.2, -0.15) is 5.01 Å². The van der Waals surface area contributed by atoms with Crippen molar-refractivity contribution in [2.45, 2.75) is 90.6 Å². The van der Waals surface area contributed by atoms with Crippen LogP contribution in [-0.4, -0.2) is 64.5 Å². The largest absolute Gasteiger partial charge is 0.623 e. The van der Waals surface area contributed by atoms with Crippen LogP contribution in [0.1, 0.15) is 84.5 Å². The molecule has 1 heterocycles. The standard InChI is InChI=1S/C20H39N3O4/c1-4-5-9-13-19(25)14-16-22-20(26)23(3,27)17-21(22)15-11-8-6-7-10-12-18(2)24/h19,25H,4-17H2,1-3H3. The number of amides is 2. The molecule has 0 aromatic heterocycles. The summed E-state index contributed by atoms with van der Waals surface area (Å²) in [6.45, 7) is 4.98. The summed E-state index contributed by atoms with van der Waals surface area (Å²) in [6, 6.07) is -0.433. The third-order valence-corrected chi connectivity index (χ3v) is 5.16. The van der Waals surface area contributed by atoms with Crippen LogP contribution in [-0.2, 0) is 4.79 Å². The van der Waals surface area contributed by atoms with E-state index in [1.165, 1.54) is 7.05 Å². The minimum Gasteiger partial charge on any atom is -0.623 e. The van der Waals surface area contributed by atoms with E-state index in [2.05, 4.69) is 6.92 Å². The summed E-state index contributed by atoms with van der Waals surface area (Å²) in [5.41, 5.74) is 0. The van der Waals surface area contributed by atoms with Gasteiger partial charge in [-0.25, -0.2) is 9.80 Å². The van der Waals surface area contributed by atoms with Crippen molar-refractivity contribution in [1.82, 2.24) is 10.0 Å². The van der Waals surface area contributed by atoms with E-state index in [0.29, 0.717) is 25.9 Å². The fraction of sp³-hybridized carbons (Fsp3) is 0.900. The van der Waals surface area contributed by atoms with Gasteiger partial charge in [0, 0.05) is 19.5 Å². The SMILES string of the molecule is CCCCCC(O)CCN1C(=O)[N+](C)([O-])CN1CCCCCCCC(C)=O. The van der Waals surface area contributed by atoms with E-state index < -0.39 is 16.8 Å². The molecule has 7 heteroatoms. The van der Waals surface area contributed by atoms with Crippen LogP contribution in [0.5, 0.6) is 0 Å². The van der Waals surface area contributed by atoms with Crippen molar-refractivity contribution < 1.29 is 19.3 Å². The molecule has 0 radical (unpaired) electrons. The number of Topliss-reactive ketones (excluding diaryl/α,β-unsaturated/α-hetero) is 1. The van der Waals surface area contributed by atoms with E-state index in [4.69, 9.17) is 0 Å². The molecule has 1 rings (SSSR count). The molecular weight excluding hydrogens is 346 g/mol. The predicted octanol–water partition coefficient (Wildman–Crippen LogP) is 3.80. The zero-order valence-electron chi connectivity index (χ0n) is 17.5. The molecule has 0 saturated carbocycles. The van der Waals surface area contributed by atoms with Crippen LogP contribution in [0.2, 0.25) is 0 Å². The molecule has 1 saturated heterocycles. The van der Waals surface area contributed by atoms with Gasteiger partial charge in [-0.1, -0.05) is 45.4 Å². The van der Waals surface area contributed by atoms with Gasteiger partial charge >= 0.3 is 6.03 Å². The first-order chi connectivity index (χ1) is 12.8. The fourth-order valence-electron chi connectivity index (χ4n) is 3.49. The number of rotatable bonds is 15. The zero-order chi connectivity index (χ0) is 20.3. The molecule has 2 unspecified atom stereocenters. The molecule has 27 heavy (non-hydrogen) atoms. The van der Waals surface area contributed by atoms with Crippen LogP contribution in [0.25, 0.3) is 0 Å². The summed E-state index contributed by atoms with van der Waals surface area (Å²) < 4.78 is -0.898. The Morgan fingerprint density at radius 1 is 1.11 bits per heavy atom. The van der Waals surface area contributed by atoms with Crippen molar-refractivity contribution in [2.75, 3.05) is 26.8 Å². The lowest BCUT2D eigenvalue weighted by atomic mass is 10.1. The van der Waals surface area contributed by atoms with Crippen molar-refractivity contribution in [2.24, 2.45) is 0 Å². The number of unbranched alkanes of at least 4 members (excludes halogenated alkanes) is 6. The molecule has 0 aliphatic carbocycles. The van der Waals surface area contributed by atoms with Gasteiger partial charge < -0.3 is 15.1 Å². The molecule has 158 valence electrons. The predicted molar refractivity (Wildman–Crippen MR) is 106 cm³/mol. The number of hydrogen-bond acceptors (Lipinski definition) is 5. The van der Waals surface area contributed by atoms with E-state index in [1.807, 2.05) is 5.01 Å². The van der Waals surface area contributed by atoms with Gasteiger partial charge in [0.1, 0.15) is 5.78 Å². The van der Waals surface area contributed by atoms with E-state index in [-0.39, 0.29) is 12.5 Å². The number of hydroxylamine groups is 3. The highest BCUT2D eigenvalue weighted by atomic mass is 16.6. The van der Waals surface area contributed by atoms with Gasteiger partial charge in [0.2, 0.25) is 0 Å². The van der Waals surface area contributed by atoms with E-state index in [9.17, 15) is 19.9 Å². The van der Waals surface area contributed by atoms with Gasteiger partial charge in [0.25, 0.3) is 0 Å². The Hall–Kier alpha value is -1.02. The molecule has 2 amide bonds. The molecule has 7 nitrogen and oxygen atoms in total. The minimum atomic E-state index is -0.898. The highest BCUT2D eigenvalue weighted by molar-refractivity contribution is 5.75. The Kier molecular flexibility index (Phi) is 11.1. The molecule has 1 aliphatic rings. The highest BCUT2D eigenvalue weighted by Crippen LogP contribution is 2.22. The maximum Gasteiger partial charge on any atom is 0.434 e. The smallest absolute Gasteiger partial charge is 0.434 e. The Morgan fingerprint density at radius 2 is 1.78 bits per heavy atom. The van der Waals surface area contributed by atoms with E-state index in [1.54, 1.807) is 11.9 Å². The Bertz CT molecular complexity index is 457. The van der Waals surface area contributed by atoms with Crippen molar-refractivity contribution in [3.63, 3.8) is 0 Å². The monoisotopic (exact) mass is 385 g/mol. The van der Waals surface area contributed by atoms with Crippen molar-refractivity contribution >= 4 is 11.8 Å². The molecule has 0 aromatic rings. The maximum atomic E-state index is 12.4. The third kappa shape index (κ3) is 9.14. The van der Waals surface area contributed by atoms with Gasteiger partial charge in [-0.15, -0.1) is 0 Å². The maximum absolute atomic E-state index is 12.4. The third-order valence-electron chi connectivity index (χ3n) is 5.16. The molecule has 1 N–H and O–H groups in total. The van der Waals surface area contributed by atoms with Gasteiger partial charge in [-0.3, -0.25) is 4.65 Å². The lowest BCUT2D eigenvalue weighted by Crippen LogP contribution is -2.43. The average molecular weight is 386 g/mol. The van der Waals surface area contributed by atoms with Crippen molar-refractivity contribution in [3.8, 4) is 0 Å². The number of hydrazine groups is 1. The second kappa shape index (κ2) is 12.4. The summed E-state index contributed by atoms with van der Waals surface area (Å²) in [6.07, 6.45) is 9.71. The number of quaternary nitrogens is 1. The summed E-state index contributed by atoms with van der Waals surface area (Å²) >= 11 is 0. The van der Waals surface area contributed by atoms with Crippen LogP contribution in [0.4, 0.5) is 4.79 Å². The molecule has 1 fully saturated rings. The lowest BCUT2D eigenvalue weighted by molar-refractivity contribution is -0.775. The molecule has 2 atom stereocenters. The summed E-state index contributed by atoms with van der Waals surface area (Å²) in [5, 5.41) is 25.9. The molecular formula is C20H39N3O4.